The number of hydrogen-bond acceptors (Lipinski definition) is 4. The van der Waals surface area contributed by atoms with Gasteiger partial charge in [0.15, 0.2) is 11.3 Å². The van der Waals surface area contributed by atoms with Gasteiger partial charge in [-0.3, -0.25) is 9.89 Å². The second kappa shape index (κ2) is 6.90. The molecule has 0 saturated carbocycles. The van der Waals surface area contributed by atoms with Crippen LogP contribution in [0.5, 0.6) is 0 Å². The van der Waals surface area contributed by atoms with Gasteiger partial charge >= 0.3 is 5.97 Å². The number of carbonyl (C=O) groups is 1. The summed E-state index contributed by atoms with van der Waals surface area (Å²) in [7, 11) is 0. The average Bonchev–Trinajstić information content (AvgIpc) is 3.01. The van der Waals surface area contributed by atoms with Gasteiger partial charge in [-0.25, -0.2) is 14.3 Å². The molecule has 1 aromatic carbocycles. The maximum absolute atomic E-state index is 12.8. The fourth-order valence-corrected chi connectivity index (χ4v) is 2.77. The van der Waals surface area contributed by atoms with E-state index in [-0.39, 0.29) is 29.3 Å². The van der Waals surface area contributed by atoms with Crippen LogP contribution in [-0.2, 0) is 11.2 Å². The molecule has 0 aliphatic heterocycles. The molecule has 0 bridgehead atoms. The highest BCUT2D eigenvalue weighted by Gasteiger charge is 2.22. The van der Waals surface area contributed by atoms with E-state index in [0.717, 1.165) is 5.56 Å². The Labute approximate surface area is 153 Å². The second-order valence-electron chi connectivity index (χ2n) is 5.78. The van der Waals surface area contributed by atoms with Crippen LogP contribution in [0.1, 0.15) is 35.5 Å². The van der Waals surface area contributed by atoms with Crippen LogP contribution in [0.3, 0.4) is 0 Å². The van der Waals surface area contributed by atoms with Crippen molar-refractivity contribution in [3.05, 3.63) is 67.7 Å². The summed E-state index contributed by atoms with van der Waals surface area (Å²) < 4.78 is 6.51. The summed E-state index contributed by atoms with van der Waals surface area (Å²) >= 11 is 12.0. The highest BCUT2D eigenvalue weighted by molar-refractivity contribution is 6.42. The lowest BCUT2D eigenvalue weighted by Crippen LogP contribution is -2.26. The normalized spacial score (nSPS) is 11.2. The maximum Gasteiger partial charge on any atom is 0.357 e. The highest BCUT2D eigenvalue weighted by atomic mass is 35.5. The van der Waals surface area contributed by atoms with Crippen LogP contribution >= 0.6 is 23.2 Å². The van der Waals surface area contributed by atoms with Gasteiger partial charge in [0.25, 0.3) is 5.56 Å². The van der Waals surface area contributed by atoms with Gasteiger partial charge < -0.3 is 4.74 Å². The van der Waals surface area contributed by atoms with Crippen LogP contribution in [0.2, 0.25) is 10.0 Å². The van der Waals surface area contributed by atoms with Crippen LogP contribution in [0.4, 0.5) is 0 Å². The summed E-state index contributed by atoms with van der Waals surface area (Å²) in [6, 6.07) is 6.65. The Kier molecular flexibility index (Phi) is 4.83. The molecule has 3 aromatic rings. The molecule has 8 heteroatoms. The number of ether oxygens (including phenoxy) is 1. The summed E-state index contributed by atoms with van der Waals surface area (Å²) in [5, 5.41) is 3.57. The standard InChI is InChI=1S/C17H15Cl2N3O3/c1-9(2)25-17(24)15-11(7-10-3-4-12(18)13(19)8-10)16(23)22-14(21-15)5-6-20-22/h3-6,8-9,20H,7H2,1-2H3. The molecule has 0 unspecified atom stereocenters. The van der Waals surface area contributed by atoms with Crippen molar-refractivity contribution >= 4 is 34.8 Å². The number of nitrogens with zero attached hydrogens (tertiary/aromatic N) is 2. The molecule has 2 heterocycles. The number of nitrogens with one attached hydrogen (secondary N) is 1. The van der Waals surface area contributed by atoms with Gasteiger partial charge in [0.2, 0.25) is 0 Å². The number of esters is 1. The van der Waals surface area contributed by atoms with E-state index in [9.17, 15) is 9.59 Å². The lowest BCUT2D eigenvalue weighted by Gasteiger charge is -2.11. The topological polar surface area (TPSA) is 76.5 Å². The van der Waals surface area contributed by atoms with E-state index >= 15 is 0 Å². The summed E-state index contributed by atoms with van der Waals surface area (Å²) in [6.07, 6.45) is 1.43. The smallest absolute Gasteiger partial charge is 0.357 e. The number of aromatic nitrogens is 3. The van der Waals surface area contributed by atoms with Crippen LogP contribution in [0, 0.1) is 0 Å². The molecule has 0 spiro atoms. The summed E-state index contributed by atoms with van der Waals surface area (Å²) in [5.74, 6) is -0.633. The minimum Gasteiger partial charge on any atom is -0.458 e. The number of aromatic amines is 1. The number of H-pyrrole nitrogens is 1. The summed E-state index contributed by atoms with van der Waals surface area (Å²) in [6.45, 7) is 3.47. The third-order valence-corrected chi connectivity index (χ3v) is 4.28. The molecule has 25 heavy (non-hydrogen) atoms. The van der Waals surface area contributed by atoms with E-state index < -0.39 is 5.97 Å². The first kappa shape index (κ1) is 17.5. The first-order valence-electron chi connectivity index (χ1n) is 7.60. The van der Waals surface area contributed by atoms with Crippen molar-refractivity contribution in [1.82, 2.24) is 14.6 Å². The third kappa shape index (κ3) is 3.55. The van der Waals surface area contributed by atoms with E-state index in [4.69, 9.17) is 27.9 Å². The van der Waals surface area contributed by atoms with Crippen molar-refractivity contribution in [3.8, 4) is 0 Å². The SMILES string of the molecule is CC(C)OC(=O)c1nc2cc[nH]n2c(=O)c1Cc1ccc(Cl)c(Cl)c1. The molecule has 0 aliphatic carbocycles. The average molecular weight is 380 g/mol. The van der Waals surface area contributed by atoms with Crippen LogP contribution in [0.15, 0.2) is 35.3 Å². The van der Waals surface area contributed by atoms with E-state index in [0.29, 0.717) is 15.7 Å². The van der Waals surface area contributed by atoms with Crippen molar-refractivity contribution in [2.75, 3.05) is 0 Å². The molecule has 6 nitrogen and oxygen atoms in total. The summed E-state index contributed by atoms with van der Waals surface area (Å²) in [5.41, 5.74) is 0.946. The molecular formula is C17H15Cl2N3O3. The van der Waals surface area contributed by atoms with Crippen molar-refractivity contribution in [2.45, 2.75) is 26.4 Å². The van der Waals surface area contributed by atoms with Crippen LogP contribution in [-0.4, -0.2) is 26.7 Å². The van der Waals surface area contributed by atoms with Gasteiger partial charge in [0.1, 0.15) is 0 Å². The fourth-order valence-electron chi connectivity index (χ4n) is 2.45. The predicted molar refractivity (Wildman–Crippen MR) is 95.6 cm³/mol. The molecule has 3 rings (SSSR count). The van der Waals surface area contributed by atoms with E-state index in [2.05, 4.69) is 10.1 Å². The molecular weight excluding hydrogens is 365 g/mol. The molecule has 0 amide bonds. The number of hydrogen-bond donors (Lipinski definition) is 1. The second-order valence-corrected chi connectivity index (χ2v) is 6.59. The van der Waals surface area contributed by atoms with Gasteiger partial charge in [-0.1, -0.05) is 29.3 Å². The third-order valence-electron chi connectivity index (χ3n) is 3.54. The van der Waals surface area contributed by atoms with E-state index in [1.54, 1.807) is 44.3 Å². The Bertz CT molecular complexity index is 1010. The molecule has 1 N–H and O–H groups in total. The van der Waals surface area contributed by atoms with Gasteiger partial charge in [0.05, 0.1) is 21.7 Å². The molecule has 0 aliphatic rings. The lowest BCUT2D eigenvalue weighted by atomic mass is 10.0. The molecule has 0 saturated heterocycles. The van der Waals surface area contributed by atoms with Crippen molar-refractivity contribution in [1.29, 1.82) is 0 Å². The zero-order valence-electron chi connectivity index (χ0n) is 13.5. The van der Waals surface area contributed by atoms with Gasteiger partial charge in [0, 0.05) is 18.7 Å². The molecule has 0 fully saturated rings. The zero-order valence-corrected chi connectivity index (χ0v) is 15.1. The lowest BCUT2D eigenvalue weighted by molar-refractivity contribution is 0.0369. The zero-order chi connectivity index (χ0) is 18.1. The number of carbonyl (C=O) groups excluding carboxylic acids is 1. The Balaban J connectivity index is 2.13. The minimum atomic E-state index is -0.633. The Hall–Kier alpha value is -2.31. The minimum absolute atomic E-state index is 0.00405. The van der Waals surface area contributed by atoms with Crippen LogP contribution in [0.25, 0.3) is 5.65 Å². The van der Waals surface area contributed by atoms with Gasteiger partial charge in [-0.2, -0.15) is 0 Å². The quantitative estimate of drug-likeness (QED) is 0.703. The first-order chi connectivity index (χ1) is 11.9. The van der Waals surface area contributed by atoms with E-state index in [1.807, 2.05) is 0 Å². The van der Waals surface area contributed by atoms with E-state index in [1.165, 1.54) is 4.52 Å². The summed E-state index contributed by atoms with van der Waals surface area (Å²) in [4.78, 5) is 29.5. The monoisotopic (exact) mass is 379 g/mol. The molecule has 2 aromatic heterocycles. The maximum atomic E-state index is 12.8. The molecule has 0 atom stereocenters. The van der Waals surface area contributed by atoms with Crippen molar-refractivity contribution in [2.24, 2.45) is 0 Å². The first-order valence-corrected chi connectivity index (χ1v) is 8.36. The Morgan fingerprint density at radius 3 is 2.72 bits per heavy atom. The van der Waals surface area contributed by atoms with Crippen LogP contribution < -0.4 is 5.56 Å². The van der Waals surface area contributed by atoms with Crippen molar-refractivity contribution in [3.63, 3.8) is 0 Å². The highest BCUT2D eigenvalue weighted by Crippen LogP contribution is 2.24. The Morgan fingerprint density at radius 2 is 2.04 bits per heavy atom. The number of halogens is 2. The van der Waals surface area contributed by atoms with Gasteiger partial charge in [-0.05, 0) is 31.5 Å². The number of rotatable bonds is 4. The fraction of sp³-hybridized carbons (Fsp3) is 0.235. The number of fused-ring (bicyclic) bond motifs is 1. The number of benzene rings is 1. The predicted octanol–water partition coefficient (Wildman–Crippen LogP) is 3.49. The van der Waals surface area contributed by atoms with Gasteiger partial charge in [-0.15, -0.1) is 0 Å². The molecule has 0 radical (unpaired) electrons. The Morgan fingerprint density at radius 1 is 1.28 bits per heavy atom. The molecule has 130 valence electrons. The van der Waals surface area contributed by atoms with Crippen molar-refractivity contribution < 1.29 is 9.53 Å². The largest absolute Gasteiger partial charge is 0.458 e.